The second-order valence-corrected chi connectivity index (χ2v) is 2.81. The minimum absolute atomic E-state index is 0.107. The number of imidazole rings is 1. The fourth-order valence-corrected chi connectivity index (χ4v) is 1.15. The number of rotatable bonds is 2. The monoisotopic (exact) mass is 188 g/mol. The van der Waals surface area contributed by atoms with Gasteiger partial charge in [-0.25, -0.2) is 4.98 Å². The van der Waals surface area contributed by atoms with Crippen LogP contribution in [0.5, 0.6) is 5.88 Å². The van der Waals surface area contributed by atoms with Crippen LogP contribution < -0.4 is 0 Å². The first kappa shape index (κ1) is 8.50. The molecule has 0 fully saturated rings. The summed E-state index contributed by atoms with van der Waals surface area (Å²) in [5.74, 6) is -0.191. The third-order valence-electron chi connectivity index (χ3n) is 1.81. The molecule has 0 bridgehead atoms. The Morgan fingerprint density at radius 3 is 2.57 bits per heavy atom. The van der Waals surface area contributed by atoms with Crippen LogP contribution in [0.15, 0.2) is 36.5 Å². The first-order chi connectivity index (χ1) is 6.77. The first-order valence-electron chi connectivity index (χ1n) is 4.11. The summed E-state index contributed by atoms with van der Waals surface area (Å²) in [5.41, 5.74) is 0.543. The number of carbonyl (C=O) groups excluding carboxylic acids is 1. The van der Waals surface area contributed by atoms with E-state index in [0.717, 1.165) is 0 Å². The highest BCUT2D eigenvalue weighted by Crippen LogP contribution is 2.09. The van der Waals surface area contributed by atoms with Gasteiger partial charge in [0.25, 0.3) is 0 Å². The predicted molar refractivity (Wildman–Crippen MR) is 50.1 cm³/mol. The molecule has 1 heterocycles. The lowest BCUT2D eigenvalue weighted by atomic mass is 10.1. The SMILES string of the molecule is O=C(c1ccccc1)c1ncc(O)[nH]1. The quantitative estimate of drug-likeness (QED) is 0.699. The molecule has 0 aliphatic heterocycles. The number of aromatic nitrogens is 2. The zero-order chi connectivity index (χ0) is 9.97. The second kappa shape index (κ2) is 3.33. The Balaban J connectivity index is 2.34. The van der Waals surface area contributed by atoms with Gasteiger partial charge in [-0.1, -0.05) is 30.3 Å². The summed E-state index contributed by atoms with van der Waals surface area (Å²) in [7, 11) is 0. The van der Waals surface area contributed by atoms with Crippen molar-refractivity contribution in [1.82, 2.24) is 9.97 Å². The van der Waals surface area contributed by atoms with E-state index in [1.54, 1.807) is 24.3 Å². The zero-order valence-electron chi connectivity index (χ0n) is 7.27. The third kappa shape index (κ3) is 1.50. The van der Waals surface area contributed by atoms with E-state index in [-0.39, 0.29) is 17.5 Å². The highest BCUT2D eigenvalue weighted by molar-refractivity contribution is 6.06. The molecule has 2 rings (SSSR count). The van der Waals surface area contributed by atoms with Crippen molar-refractivity contribution in [3.63, 3.8) is 0 Å². The minimum atomic E-state index is -0.231. The Morgan fingerprint density at radius 2 is 2.00 bits per heavy atom. The summed E-state index contributed by atoms with van der Waals surface area (Å²) in [6, 6.07) is 8.77. The number of nitrogens with one attached hydrogen (secondary N) is 1. The van der Waals surface area contributed by atoms with Gasteiger partial charge in [-0.05, 0) is 0 Å². The Kier molecular flexibility index (Phi) is 2.02. The molecular formula is C10H8N2O2. The summed E-state index contributed by atoms with van der Waals surface area (Å²) in [5, 5.41) is 8.98. The molecule has 0 unspecified atom stereocenters. The van der Waals surface area contributed by atoms with Crippen molar-refractivity contribution >= 4 is 5.78 Å². The fourth-order valence-electron chi connectivity index (χ4n) is 1.15. The van der Waals surface area contributed by atoms with Crippen molar-refractivity contribution in [2.24, 2.45) is 0 Å². The second-order valence-electron chi connectivity index (χ2n) is 2.81. The Morgan fingerprint density at radius 1 is 1.29 bits per heavy atom. The van der Waals surface area contributed by atoms with Gasteiger partial charge in [0, 0.05) is 5.56 Å². The highest BCUT2D eigenvalue weighted by atomic mass is 16.3. The lowest BCUT2D eigenvalue weighted by Gasteiger charge is -1.95. The van der Waals surface area contributed by atoms with Gasteiger partial charge in [-0.2, -0.15) is 0 Å². The van der Waals surface area contributed by atoms with Gasteiger partial charge in [-0.15, -0.1) is 0 Å². The standard InChI is InChI=1S/C10H8N2O2/c13-8-6-11-10(12-8)9(14)7-4-2-1-3-5-7/h1-6,13H,(H,11,12). The summed E-state index contributed by atoms with van der Waals surface area (Å²) in [6.45, 7) is 0. The number of nitrogens with zero attached hydrogens (tertiary/aromatic N) is 1. The van der Waals surface area contributed by atoms with Crippen LogP contribution in [-0.2, 0) is 0 Å². The lowest BCUT2D eigenvalue weighted by molar-refractivity contribution is 0.103. The number of aromatic amines is 1. The minimum Gasteiger partial charge on any atom is -0.493 e. The summed E-state index contributed by atoms with van der Waals surface area (Å²) in [4.78, 5) is 17.9. The summed E-state index contributed by atoms with van der Waals surface area (Å²) < 4.78 is 0. The maximum atomic E-state index is 11.7. The largest absolute Gasteiger partial charge is 0.493 e. The topological polar surface area (TPSA) is 66.0 Å². The number of ketones is 1. The van der Waals surface area contributed by atoms with Gasteiger partial charge in [0.15, 0.2) is 5.82 Å². The van der Waals surface area contributed by atoms with Gasteiger partial charge in [0.2, 0.25) is 11.7 Å². The molecule has 0 radical (unpaired) electrons. The van der Waals surface area contributed by atoms with Crippen LogP contribution in [0.2, 0.25) is 0 Å². The van der Waals surface area contributed by atoms with Crippen molar-refractivity contribution in [2.45, 2.75) is 0 Å². The van der Waals surface area contributed by atoms with Crippen LogP contribution in [0.4, 0.5) is 0 Å². The molecule has 0 amide bonds. The normalized spacial score (nSPS) is 10.0. The Bertz CT molecular complexity index is 448. The van der Waals surface area contributed by atoms with Gasteiger partial charge in [-0.3, -0.25) is 4.79 Å². The smallest absolute Gasteiger partial charge is 0.228 e. The molecule has 0 aliphatic rings. The average molecular weight is 188 g/mol. The van der Waals surface area contributed by atoms with Crippen LogP contribution in [0.25, 0.3) is 0 Å². The van der Waals surface area contributed by atoms with E-state index in [1.807, 2.05) is 6.07 Å². The van der Waals surface area contributed by atoms with Gasteiger partial charge in [0.05, 0.1) is 6.20 Å². The lowest BCUT2D eigenvalue weighted by Crippen LogP contribution is -2.02. The van der Waals surface area contributed by atoms with E-state index in [1.165, 1.54) is 6.20 Å². The molecule has 2 N–H and O–H groups in total. The summed E-state index contributed by atoms with van der Waals surface area (Å²) in [6.07, 6.45) is 1.20. The zero-order valence-corrected chi connectivity index (χ0v) is 7.27. The molecule has 0 atom stereocenters. The molecule has 1 aromatic carbocycles. The van der Waals surface area contributed by atoms with E-state index >= 15 is 0 Å². The third-order valence-corrected chi connectivity index (χ3v) is 1.81. The van der Waals surface area contributed by atoms with Crippen molar-refractivity contribution in [2.75, 3.05) is 0 Å². The number of hydrogen-bond donors (Lipinski definition) is 2. The van der Waals surface area contributed by atoms with Crippen molar-refractivity contribution in [1.29, 1.82) is 0 Å². The molecule has 2 aromatic rings. The van der Waals surface area contributed by atoms with Crippen LogP contribution >= 0.6 is 0 Å². The Hall–Kier alpha value is -2.10. The van der Waals surface area contributed by atoms with Crippen molar-refractivity contribution < 1.29 is 9.90 Å². The van der Waals surface area contributed by atoms with Crippen molar-refractivity contribution in [3.8, 4) is 5.88 Å². The van der Waals surface area contributed by atoms with Gasteiger partial charge >= 0.3 is 0 Å². The number of hydrogen-bond acceptors (Lipinski definition) is 3. The van der Waals surface area contributed by atoms with Crippen molar-refractivity contribution in [3.05, 3.63) is 47.9 Å². The molecule has 14 heavy (non-hydrogen) atoms. The van der Waals surface area contributed by atoms with E-state index in [2.05, 4.69) is 9.97 Å². The summed E-state index contributed by atoms with van der Waals surface area (Å²) >= 11 is 0. The molecule has 4 nitrogen and oxygen atoms in total. The van der Waals surface area contributed by atoms with E-state index in [0.29, 0.717) is 5.56 Å². The highest BCUT2D eigenvalue weighted by Gasteiger charge is 2.11. The number of benzene rings is 1. The molecule has 1 aromatic heterocycles. The molecule has 4 heteroatoms. The predicted octanol–water partition coefficient (Wildman–Crippen LogP) is 1.35. The Labute approximate surface area is 80.2 Å². The molecule has 0 saturated heterocycles. The van der Waals surface area contributed by atoms with E-state index in [4.69, 9.17) is 5.11 Å². The molecule has 0 saturated carbocycles. The molecule has 0 aliphatic carbocycles. The van der Waals surface area contributed by atoms with Crippen LogP contribution in [-0.4, -0.2) is 20.9 Å². The molecular weight excluding hydrogens is 180 g/mol. The van der Waals surface area contributed by atoms with Crippen LogP contribution in [0.3, 0.4) is 0 Å². The fraction of sp³-hybridized carbons (Fsp3) is 0. The van der Waals surface area contributed by atoms with Crippen LogP contribution in [0, 0.1) is 0 Å². The van der Waals surface area contributed by atoms with Crippen LogP contribution in [0.1, 0.15) is 16.2 Å². The van der Waals surface area contributed by atoms with E-state index in [9.17, 15) is 4.79 Å². The molecule has 0 spiro atoms. The van der Waals surface area contributed by atoms with Gasteiger partial charge < -0.3 is 10.1 Å². The maximum Gasteiger partial charge on any atom is 0.228 e. The average Bonchev–Trinajstić information content (AvgIpc) is 2.65. The van der Waals surface area contributed by atoms with E-state index < -0.39 is 0 Å². The maximum absolute atomic E-state index is 11.7. The molecule has 70 valence electrons. The number of H-pyrrole nitrogens is 1. The number of carbonyl (C=O) groups is 1. The number of aromatic hydroxyl groups is 1. The first-order valence-corrected chi connectivity index (χ1v) is 4.11. The van der Waals surface area contributed by atoms with Gasteiger partial charge in [0.1, 0.15) is 0 Å².